The van der Waals surface area contributed by atoms with E-state index in [2.05, 4.69) is 5.32 Å². The van der Waals surface area contributed by atoms with Gasteiger partial charge in [0.05, 0.1) is 0 Å². The van der Waals surface area contributed by atoms with Gasteiger partial charge >= 0.3 is 12.0 Å². The number of urea groups is 1. The van der Waals surface area contributed by atoms with Gasteiger partial charge < -0.3 is 15.2 Å². The lowest BCUT2D eigenvalue weighted by atomic mass is 10.1. The number of benzene rings is 1. The summed E-state index contributed by atoms with van der Waals surface area (Å²) in [7, 11) is 1.35. The Hall–Kier alpha value is -2.57. The first-order valence-electron chi connectivity index (χ1n) is 5.89. The van der Waals surface area contributed by atoms with Crippen molar-refractivity contribution in [3.63, 3.8) is 0 Å². The van der Waals surface area contributed by atoms with Crippen molar-refractivity contribution in [3.8, 4) is 5.75 Å². The molecule has 0 aliphatic heterocycles. The number of hydrogen-bond donors (Lipinski definition) is 3. The molecular formula is C13H16N2O5. The van der Waals surface area contributed by atoms with Gasteiger partial charge in [0.2, 0.25) is 0 Å². The van der Waals surface area contributed by atoms with Crippen molar-refractivity contribution in [2.45, 2.75) is 20.0 Å². The minimum absolute atomic E-state index is 0.0374. The van der Waals surface area contributed by atoms with Gasteiger partial charge in [-0.25, -0.2) is 9.59 Å². The van der Waals surface area contributed by atoms with E-state index < -0.39 is 24.0 Å². The number of rotatable bonds is 3. The Morgan fingerprint density at radius 3 is 2.55 bits per heavy atom. The maximum atomic E-state index is 11.8. The Morgan fingerprint density at radius 1 is 1.30 bits per heavy atom. The molecule has 3 N–H and O–H groups in total. The van der Waals surface area contributed by atoms with E-state index in [1.165, 1.54) is 20.0 Å². The van der Waals surface area contributed by atoms with E-state index in [1.54, 1.807) is 19.1 Å². The zero-order chi connectivity index (χ0) is 15.3. The first-order valence-corrected chi connectivity index (χ1v) is 5.89. The van der Waals surface area contributed by atoms with E-state index in [9.17, 15) is 19.5 Å². The fraction of sp³-hybridized carbons (Fsp3) is 0.308. The number of phenols is 1. The van der Waals surface area contributed by atoms with Crippen molar-refractivity contribution < 1.29 is 24.2 Å². The van der Waals surface area contributed by atoms with Crippen molar-refractivity contribution in [3.05, 3.63) is 29.3 Å². The third-order valence-corrected chi connectivity index (χ3v) is 2.57. The maximum absolute atomic E-state index is 11.8. The predicted octanol–water partition coefficient (Wildman–Crippen LogP) is 0.702. The van der Waals surface area contributed by atoms with Gasteiger partial charge in [-0.1, -0.05) is 12.1 Å². The third kappa shape index (κ3) is 3.71. The van der Waals surface area contributed by atoms with E-state index in [0.29, 0.717) is 5.56 Å². The number of amides is 3. The summed E-state index contributed by atoms with van der Waals surface area (Å²) in [6, 6.07) is 3.90. The van der Waals surface area contributed by atoms with E-state index in [4.69, 9.17) is 4.74 Å². The minimum atomic E-state index is -1.17. The fourth-order valence-corrected chi connectivity index (χ4v) is 1.38. The second-order valence-corrected chi connectivity index (χ2v) is 4.09. The van der Waals surface area contributed by atoms with Gasteiger partial charge in [0.15, 0.2) is 6.10 Å². The molecule has 0 aliphatic carbocycles. The van der Waals surface area contributed by atoms with Crippen LogP contribution in [0.25, 0.3) is 0 Å². The molecule has 7 nitrogen and oxygen atoms in total. The van der Waals surface area contributed by atoms with Crippen LogP contribution in [0.3, 0.4) is 0 Å². The van der Waals surface area contributed by atoms with E-state index in [1.807, 2.05) is 5.32 Å². The summed E-state index contributed by atoms with van der Waals surface area (Å²) in [5.41, 5.74) is 0.478. The van der Waals surface area contributed by atoms with Crippen LogP contribution >= 0.6 is 0 Å². The average Bonchev–Trinajstić information content (AvgIpc) is 2.41. The Morgan fingerprint density at radius 2 is 1.95 bits per heavy atom. The normalized spacial score (nSPS) is 11.3. The van der Waals surface area contributed by atoms with Crippen LogP contribution in [-0.4, -0.2) is 36.2 Å². The topological polar surface area (TPSA) is 105 Å². The number of carbonyl (C=O) groups excluding carboxylic acids is 3. The first-order chi connectivity index (χ1) is 9.36. The van der Waals surface area contributed by atoms with Gasteiger partial charge in [0.1, 0.15) is 11.3 Å². The molecule has 0 radical (unpaired) electrons. The highest BCUT2D eigenvalue weighted by Gasteiger charge is 2.22. The quantitative estimate of drug-likeness (QED) is 0.707. The number of nitrogens with one attached hydrogen (secondary N) is 2. The Bertz CT molecular complexity index is 542. The molecule has 0 spiro atoms. The summed E-state index contributed by atoms with van der Waals surface area (Å²) < 4.78 is 4.89. The molecule has 3 amide bonds. The molecule has 0 bridgehead atoms. The zero-order valence-electron chi connectivity index (χ0n) is 11.4. The Balaban J connectivity index is 2.73. The first kappa shape index (κ1) is 15.5. The maximum Gasteiger partial charge on any atom is 0.342 e. The van der Waals surface area contributed by atoms with Gasteiger partial charge in [-0.2, -0.15) is 0 Å². The molecule has 0 heterocycles. The molecule has 0 saturated heterocycles. The van der Waals surface area contributed by atoms with Crippen molar-refractivity contribution in [1.29, 1.82) is 0 Å². The number of esters is 1. The molecule has 20 heavy (non-hydrogen) atoms. The van der Waals surface area contributed by atoms with Crippen LogP contribution < -0.4 is 10.6 Å². The van der Waals surface area contributed by atoms with Crippen LogP contribution in [0, 0.1) is 6.92 Å². The number of phenolic OH excluding ortho intramolecular Hbond substituents is 1. The lowest BCUT2D eigenvalue weighted by Crippen LogP contribution is -2.43. The molecule has 1 rings (SSSR count). The average molecular weight is 280 g/mol. The van der Waals surface area contributed by atoms with Crippen LogP contribution in [0.5, 0.6) is 5.75 Å². The largest absolute Gasteiger partial charge is 0.507 e. The summed E-state index contributed by atoms with van der Waals surface area (Å²) in [4.78, 5) is 34.3. The molecule has 1 aromatic rings. The molecule has 0 aliphatic rings. The number of carbonyl (C=O) groups is 3. The van der Waals surface area contributed by atoms with E-state index in [0.717, 1.165) is 0 Å². The monoisotopic (exact) mass is 280 g/mol. The number of imide groups is 1. The van der Waals surface area contributed by atoms with Gasteiger partial charge in [0, 0.05) is 7.05 Å². The van der Waals surface area contributed by atoms with E-state index in [-0.39, 0.29) is 11.3 Å². The van der Waals surface area contributed by atoms with Crippen LogP contribution in [0.15, 0.2) is 18.2 Å². The second kappa shape index (κ2) is 6.55. The van der Waals surface area contributed by atoms with E-state index >= 15 is 0 Å². The van der Waals surface area contributed by atoms with Crippen LogP contribution in [-0.2, 0) is 9.53 Å². The van der Waals surface area contributed by atoms with Crippen LogP contribution in [0.2, 0.25) is 0 Å². The summed E-state index contributed by atoms with van der Waals surface area (Å²) >= 11 is 0. The molecule has 108 valence electrons. The minimum Gasteiger partial charge on any atom is -0.507 e. The highest BCUT2D eigenvalue weighted by atomic mass is 16.5. The highest BCUT2D eigenvalue weighted by molar-refractivity contribution is 5.99. The van der Waals surface area contributed by atoms with Crippen LogP contribution in [0.1, 0.15) is 22.8 Å². The molecule has 1 atom stereocenters. The number of para-hydroxylation sites is 1. The summed E-state index contributed by atoms with van der Waals surface area (Å²) in [6.45, 7) is 2.96. The Kier molecular flexibility index (Phi) is 5.08. The molecule has 0 saturated carbocycles. The Labute approximate surface area is 115 Å². The zero-order valence-corrected chi connectivity index (χ0v) is 11.4. The molecule has 1 aromatic carbocycles. The van der Waals surface area contributed by atoms with Crippen molar-refractivity contribution in [1.82, 2.24) is 10.6 Å². The standard InChI is InChI=1S/C13H16N2O5/c1-7-5-4-6-9(10(7)16)12(18)20-8(2)11(17)15-13(19)14-3/h4-6,8,16H,1-3H3,(H2,14,15,17,19). The van der Waals surface area contributed by atoms with Crippen molar-refractivity contribution >= 4 is 17.9 Å². The summed E-state index contributed by atoms with van der Waals surface area (Å²) in [5.74, 6) is -1.80. The smallest absolute Gasteiger partial charge is 0.342 e. The fourth-order valence-electron chi connectivity index (χ4n) is 1.38. The SMILES string of the molecule is CNC(=O)NC(=O)C(C)OC(=O)c1cccc(C)c1O. The van der Waals surface area contributed by atoms with Crippen molar-refractivity contribution in [2.75, 3.05) is 7.05 Å². The third-order valence-electron chi connectivity index (χ3n) is 2.57. The lowest BCUT2D eigenvalue weighted by Gasteiger charge is -2.13. The van der Waals surface area contributed by atoms with Gasteiger partial charge in [-0.15, -0.1) is 0 Å². The number of ether oxygens (including phenoxy) is 1. The predicted molar refractivity (Wildman–Crippen MR) is 70.3 cm³/mol. The highest BCUT2D eigenvalue weighted by Crippen LogP contribution is 2.22. The number of aryl methyl sites for hydroxylation is 1. The number of aromatic hydroxyl groups is 1. The molecule has 1 unspecified atom stereocenters. The lowest BCUT2D eigenvalue weighted by molar-refractivity contribution is -0.127. The van der Waals surface area contributed by atoms with Gasteiger partial charge in [-0.05, 0) is 25.5 Å². The summed E-state index contributed by atoms with van der Waals surface area (Å²) in [6.07, 6.45) is -1.17. The molecule has 7 heteroatoms. The number of hydrogen-bond acceptors (Lipinski definition) is 5. The second-order valence-electron chi connectivity index (χ2n) is 4.09. The van der Waals surface area contributed by atoms with Gasteiger partial charge in [-0.3, -0.25) is 10.1 Å². The molecular weight excluding hydrogens is 264 g/mol. The molecule has 0 fully saturated rings. The molecule has 0 aromatic heterocycles. The van der Waals surface area contributed by atoms with Crippen molar-refractivity contribution in [2.24, 2.45) is 0 Å². The summed E-state index contributed by atoms with van der Waals surface area (Å²) in [5, 5.41) is 13.9. The van der Waals surface area contributed by atoms with Crippen LogP contribution in [0.4, 0.5) is 4.79 Å². The van der Waals surface area contributed by atoms with Gasteiger partial charge in [0.25, 0.3) is 5.91 Å².